The molecule has 0 aromatic heterocycles. The molecule has 1 aromatic carbocycles. The van der Waals surface area contributed by atoms with Gasteiger partial charge in [-0.05, 0) is 12.1 Å². The smallest absolute Gasteiger partial charge is 0.176 e. The van der Waals surface area contributed by atoms with E-state index in [1.165, 1.54) is 0 Å². The number of Topliss-reactive ketones (excluding diaryl/α,β-unsaturated/α-hetero) is 1. The second-order valence-electron chi connectivity index (χ2n) is 2.10. The Balaban J connectivity index is 3.13. The zero-order chi connectivity index (χ0) is 9.14. The van der Waals surface area contributed by atoms with Crippen molar-refractivity contribution >= 4 is 21.7 Å². The topological polar surface area (TPSA) is 17.1 Å². The molecule has 1 radical (unpaired) electrons. The van der Waals surface area contributed by atoms with Gasteiger partial charge in [0.1, 0.15) is 11.6 Å². The van der Waals surface area contributed by atoms with Crippen molar-refractivity contribution in [3.63, 3.8) is 0 Å². The molecule has 0 N–H and O–H groups in total. The number of hydrogen-bond donors (Lipinski definition) is 0. The minimum Gasteiger partial charge on any atom is -0.293 e. The minimum absolute atomic E-state index is 0.0205. The maximum absolute atomic E-state index is 12.8. The number of benzene rings is 1. The van der Waals surface area contributed by atoms with E-state index in [2.05, 4.69) is 15.9 Å². The summed E-state index contributed by atoms with van der Waals surface area (Å²) in [6.07, 6.45) is 0. The van der Waals surface area contributed by atoms with Crippen LogP contribution in [0.4, 0.5) is 8.78 Å². The van der Waals surface area contributed by atoms with Crippen LogP contribution < -0.4 is 0 Å². The number of carbonyl (C=O) groups excluding carboxylic acids is 1. The number of alkyl halides is 1. The van der Waals surface area contributed by atoms with Gasteiger partial charge in [0.25, 0.3) is 0 Å². The average molecular weight is 234 g/mol. The first-order chi connectivity index (χ1) is 5.65. The van der Waals surface area contributed by atoms with Gasteiger partial charge in [0.05, 0.1) is 10.9 Å². The standard InChI is InChI=1S/C8H4BrF2O/c9-4-8(12)6-3-5(10)1-2-7(6)11/h2-3H,4H2. The highest BCUT2D eigenvalue weighted by Gasteiger charge is 2.10. The van der Waals surface area contributed by atoms with E-state index in [9.17, 15) is 13.6 Å². The second-order valence-corrected chi connectivity index (χ2v) is 2.66. The predicted octanol–water partition coefficient (Wildman–Crippen LogP) is 2.34. The minimum atomic E-state index is -0.749. The van der Waals surface area contributed by atoms with Gasteiger partial charge in [-0.15, -0.1) is 0 Å². The lowest BCUT2D eigenvalue weighted by Crippen LogP contribution is -2.03. The summed E-state index contributed by atoms with van der Waals surface area (Å²) in [5.41, 5.74) is -0.247. The van der Waals surface area contributed by atoms with E-state index in [-0.39, 0.29) is 10.9 Å². The molecule has 0 fully saturated rings. The number of rotatable bonds is 2. The first-order valence-electron chi connectivity index (χ1n) is 3.11. The molecule has 1 aromatic rings. The lowest BCUT2D eigenvalue weighted by Gasteiger charge is -1.98. The van der Waals surface area contributed by atoms with Crippen LogP contribution >= 0.6 is 15.9 Å². The first-order valence-corrected chi connectivity index (χ1v) is 4.23. The van der Waals surface area contributed by atoms with Gasteiger partial charge in [0, 0.05) is 6.07 Å². The van der Waals surface area contributed by atoms with E-state index in [0.29, 0.717) is 0 Å². The van der Waals surface area contributed by atoms with Crippen molar-refractivity contribution in [2.45, 2.75) is 0 Å². The lowest BCUT2D eigenvalue weighted by molar-refractivity contribution is 0.101. The van der Waals surface area contributed by atoms with Crippen molar-refractivity contribution in [2.24, 2.45) is 0 Å². The molecule has 0 unspecified atom stereocenters. The molecule has 0 aliphatic carbocycles. The van der Waals surface area contributed by atoms with Gasteiger partial charge in [-0.3, -0.25) is 4.79 Å². The average Bonchev–Trinajstić information content (AvgIpc) is 2.08. The van der Waals surface area contributed by atoms with Crippen molar-refractivity contribution in [3.8, 4) is 0 Å². The van der Waals surface area contributed by atoms with E-state index < -0.39 is 17.4 Å². The Morgan fingerprint density at radius 1 is 1.58 bits per heavy atom. The fourth-order valence-corrected chi connectivity index (χ4v) is 1.04. The van der Waals surface area contributed by atoms with Gasteiger partial charge in [0.2, 0.25) is 0 Å². The molecule has 1 nitrogen and oxygen atoms in total. The molecule has 0 saturated heterocycles. The molecule has 0 atom stereocenters. The second kappa shape index (κ2) is 3.76. The summed E-state index contributed by atoms with van der Waals surface area (Å²) in [6, 6.07) is 3.65. The summed E-state index contributed by atoms with van der Waals surface area (Å²) in [5, 5.41) is -0.0205. The zero-order valence-electron chi connectivity index (χ0n) is 5.90. The SMILES string of the molecule is O=C(CBr)c1cc(F)[c]cc1F. The Morgan fingerprint density at radius 2 is 2.25 bits per heavy atom. The van der Waals surface area contributed by atoms with Gasteiger partial charge < -0.3 is 0 Å². The van der Waals surface area contributed by atoms with E-state index in [1.807, 2.05) is 6.07 Å². The Hall–Kier alpha value is -0.770. The highest BCUT2D eigenvalue weighted by atomic mass is 79.9. The first kappa shape index (κ1) is 9.32. The number of ketones is 1. The molecule has 4 heteroatoms. The van der Waals surface area contributed by atoms with Crippen molar-refractivity contribution in [3.05, 3.63) is 35.4 Å². The molecule has 0 spiro atoms. The molecule has 12 heavy (non-hydrogen) atoms. The zero-order valence-corrected chi connectivity index (χ0v) is 7.49. The third-order valence-electron chi connectivity index (χ3n) is 1.29. The molecular formula is C8H4BrF2O. The van der Waals surface area contributed by atoms with Crippen LogP contribution in [0, 0.1) is 17.7 Å². The van der Waals surface area contributed by atoms with E-state index in [0.717, 1.165) is 12.1 Å². The van der Waals surface area contributed by atoms with Crippen LogP contribution in [-0.4, -0.2) is 11.1 Å². The molecule has 0 bridgehead atoms. The third kappa shape index (κ3) is 1.88. The van der Waals surface area contributed by atoms with Crippen LogP contribution in [0.3, 0.4) is 0 Å². The van der Waals surface area contributed by atoms with E-state index >= 15 is 0 Å². The van der Waals surface area contributed by atoms with Crippen LogP contribution in [0.25, 0.3) is 0 Å². The van der Waals surface area contributed by atoms with Gasteiger partial charge in [-0.2, -0.15) is 0 Å². The van der Waals surface area contributed by atoms with Gasteiger partial charge in [-0.1, -0.05) is 15.9 Å². The summed E-state index contributed by atoms with van der Waals surface area (Å²) in [7, 11) is 0. The molecule has 1 rings (SSSR count). The molecule has 0 aliphatic rings. The summed E-state index contributed by atoms with van der Waals surface area (Å²) in [6.45, 7) is 0. The van der Waals surface area contributed by atoms with Crippen molar-refractivity contribution in [1.82, 2.24) is 0 Å². The summed E-state index contributed by atoms with van der Waals surface area (Å²) < 4.78 is 25.2. The maximum atomic E-state index is 12.8. The predicted molar refractivity (Wildman–Crippen MR) is 43.3 cm³/mol. The quantitative estimate of drug-likeness (QED) is 0.567. The molecule has 63 valence electrons. The Morgan fingerprint density at radius 3 is 2.83 bits per heavy atom. The Kier molecular flexibility index (Phi) is 2.92. The molecule has 0 heterocycles. The molecule has 0 amide bonds. The van der Waals surface area contributed by atoms with Crippen molar-refractivity contribution in [2.75, 3.05) is 5.33 Å². The fourth-order valence-electron chi connectivity index (χ4n) is 0.733. The number of hydrogen-bond acceptors (Lipinski definition) is 1. The Labute approximate surface area is 76.5 Å². The maximum Gasteiger partial charge on any atom is 0.176 e. The van der Waals surface area contributed by atoms with Crippen LogP contribution in [0.5, 0.6) is 0 Å². The summed E-state index contributed by atoms with van der Waals surface area (Å²) >= 11 is 2.86. The highest BCUT2D eigenvalue weighted by Crippen LogP contribution is 2.10. The van der Waals surface area contributed by atoms with Gasteiger partial charge in [-0.25, -0.2) is 8.78 Å². The van der Waals surface area contributed by atoms with Crippen LogP contribution in [-0.2, 0) is 0 Å². The van der Waals surface area contributed by atoms with E-state index in [4.69, 9.17) is 0 Å². The normalized spacial score (nSPS) is 9.92. The fraction of sp³-hybridized carbons (Fsp3) is 0.125. The molecular weight excluding hydrogens is 230 g/mol. The van der Waals surface area contributed by atoms with E-state index in [1.54, 1.807) is 0 Å². The Bertz CT molecular complexity index is 312. The third-order valence-corrected chi connectivity index (χ3v) is 1.80. The molecule has 0 aliphatic heterocycles. The number of halogens is 3. The monoisotopic (exact) mass is 233 g/mol. The van der Waals surface area contributed by atoms with Crippen LogP contribution in [0.2, 0.25) is 0 Å². The van der Waals surface area contributed by atoms with Crippen LogP contribution in [0.1, 0.15) is 10.4 Å². The largest absolute Gasteiger partial charge is 0.293 e. The van der Waals surface area contributed by atoms with Crippen LogP contribution in [0.15, 0.2) is 12.1 Å². The summed E-state index contributed by atoms with van der Waals surface area (Å²) in [5.74, 6) is -1.97. The van der Waals surface area contributed by atoms with Crippen molar-refractivity contribution < 1.29 is 13.6 Å². The lowest BCUT2D eigenvalue weighted by atomic mass is 10.1. The highest BCUT2D eigenvalue weighted by molar-refractivity contribution is 9.09. The van der Waals surface area contributed by atoms with Crippen molar-refractivity contribution in [1.29, 1.82) is 0 Å². The van der Waals surface area contributed by atoms with Gasteiger partial charge >= 0.3 is 0 Å². The summed E-state index contributed by atoms with van der Waals surface area (Å²) in [4.78, 5) is 10.9. The van der Waals surface area contributed by atoms with Gasteiger partial charge in [0.15, 0.2) is 5.78 Å². The number of carbonyl (C=O) groups is 1. The molecule has 0 saturated carbocycles.